The molecule has 0 spiro atoms. The van der Waals surface area contributed by atoms with Crippen molar-refractivity contribution in [2.45, 2.75) is 32.2 Å². The van der Waals surface area contributed by atoms with Crippen LogP contribution in [0.4, 0.5) is 5.69 Å². The van der Waals surface area contributed by atoms with Crippen LogP contribution in [0.2, 0.25) is 0 Å². The van der Waals surface area contributed by atoms with E-state index >= 15 is 0 Å². The number of rotatable bonds is 2. The molecule has 0 aliphatic carbocycles. The second kappa shape index (κ2) is 7.24. The SMILES string of the molecule is C=C1C=C(C)c2cc3c4ccccc4c(=O)n(C)c3c3c2N1[C@@H](CN1CCCCC1)CO3. The molecule has 32 heavy (non-hydrogen) atoms. The fourth-order valence-corrected chi connectivity index (χ4v) is 5.83. The molecule has 0 amide bonds. The number of aromatic nitrogens is 1. The summed E-state index contributed by atoms with van der Waals surface area (Å²) in [6, 6.07) is 10.3. The Morgan fingerprint density at radius 1 is 1.09 bits per heavy atom. The molecule has 1 fully saturated rings. The third-order valence-corrected chi connectivity index (χ3v) is 7.38. The zero-order chi connectivity index (χ0) is 22.0. The first-order valence-electron chi connectivity index (χ1n) is 11.6. The number of piperidine rings is 1. The van der Waals surface area contributed by atoms with Crippen LogP contribution in [0.5, 0.6) is 5.75 Å². The quantitative estimate of drug-likeness (QED) is 0.557. The first-order valence-corrected chi connectivity index (χ1v) is 11.6. The summed E-state index contributed by atoms with van der Waals surface area (Å²) in [5.74, 6) is 0.811. The van der Waals surface area contributed by atoms with E-state index in [4.69, 9.17) is 4.74 Å². The molecule has 0 bridgehead atoms. The van der Waals surface area contributed by atoms with Crippen molar-refractivity contribution in [1.29, 1.82) is 0 Å². The van der Waals surface area contributed by atoms with E-state index in [0.29, 0.717) is 6.61 Å². The molecule has 1 atom stereocenters. The van der Waals surface area contributed by atoms with Gasteiger partial charge in [-0.25, -0.2) is 0 Å². The molecule has 6 rings (SSSR count). The highest BCUT2D eigenvalue weighted by atomic mass is 16.5. The Kier molecular flexibility index (Phi) is 4.44. The summed E-state index contributed by atoms with van der Waals surface area (Å²) < 4.78 is 8.28. The molecule has 3 aromatic rings. The molecular formula is C27H29N3O2. The highest BCUT2D eigenvalue weighted by Crippen LogP contribution is 2.49. The van der Waals surface area contributed by atoms with E-state index in [0.717, 1.165) is 58.4 Å². The maximum atomic E-state index is 13.2. The first-order chi connectivity index (χ1) is 15.5. The smallest absolute Gasteiger partial charge is 0.258 e. The van der Waals surface area contributed by atoms with Gasteiger partial charge in [0, 0.05) is 35.6 Å². The lowest BCUT2D eigenvalue weighted by molar-refractivity contribution is 0.179. The molecule has 4 heterocycles. The highest BCUT2D eigenvalue weighted by Gasteiger charge is 2.37. The van der Waals surface area contributed by atoms with E-state index in [1.54, 1.807) is 4.57 Å². The van der Waals surface area contributed by atoms with E-state index in [1.807, 2.05) is 31.3 Å². The number of benzene rings is 2. The molecule has 0 unspecified atom stereocenters. The average Bonchev–Trinajstić information content (AvgIpc) is 2.81. The number of hydrogen-bond acceptors (Lipinski definition) is 4. The van der Waals surface area contributed by atoms with E-state index in [9.17, 15) is 4.79 Å². The van der Waals surface area contributed by atoms with Crippen molar-refractivity contribution in [3.63, 3.8) is 0 Å². The topological polar surface area (TPSA) is 37.7 Å². The molecule has 0 N–H and O–H groups in total. The molecule has 0 saturated carbocycles. The van der Waals surface area contributed by atoms with Gasteiger partial charge in [-0.05, 0) is 62.0 Å². The third-order valence-electron chi connectivity index (χ3n) is 7.38. The van der Waals surface area contributed by atoms with Gasteiger partial charge in [-0.15, -0.1) is 0 Å². The summed E-state index contributed by atoms with van der Waals surface area (Å²) >= 11 is 0. The maximum absolute atomic E-state index is 13.2. The number of fused-ring (bicyclic) bond motifs is 4. The van der Waals surface area contributed by atoms with Gasteiger partial charge in [-0.3, -0.25) is 4.79 Å². The van der Waals surface area contributed by atoms with Crippen molar-refractivity contribution in [2.75, 3.05) is 31.1 Å². The molecule has 2 aromatic carbocycles. The zero-order valence-corrected chi connectivity index (χ0v) is 18.9. The first kappa shape index (κ1) is 19.6. The maximum Gasteiger partial charge on any atom is 0.258 e. The van der Waals surface area contributed by atoms with Crippen LogP contribution < -0.4 is 15.2 Å². The number of likely N-dealkylation sites (tertiary alicyclic amines) is 1. The number of allylic oxidation sites excluding steroid dienone is 2. The summed E-state index contributed by atoms with van der Waals surface area (Å²) in [6.45, 7) is 10.4. The molecule has 5 heteroatoms. The second-order valence-corrected chi connectivity index (χ2v) is 9.42. The van der Waals surface area contributed by atoms with Crippen LogP contribution in [0.3, 0.4) is 0 Å². The van der Waals surface area contributed by atoms with Gasteiger partial charge in [0.2, 0.25) is 0 Å². The summed E-state index contributed by atoms with van der Waals surface area (Å²) in [5.41, 5.74) is 5.32. The fraction of sp³-hybridized carbons (Fsp3) is 0.370. The lowest BCUT2D eigenvalue weighted by Crippen LogP contribution is -2.51. The Bertz CT molecular complexity index is 1360. The molecule has 3 aliphatic heterocycles. The molecular weight excluding hydrogens is 398 g/mol. The Labute approximate surface area is 188 Å². The molecule has 3 aliphatic rings. The summed E-state index contributed by atoms with van der Waals surface area (Å²) in [5, 5.41) is 2.78. The Hall–Kier alpha value is -3.05. The van der Waals surface area contributed by atoms with Crippen molar-refractivity contribution >= 4 is 32.9 Å². The van der Waals surface area contributed by atoms with Crippen LogP contribution in [-0.4, -0.2) is 41.8 Å². The lowest BCUT2D eigenvalue weighted by atomic mass is 9.91. The van der Waals surface area contributed by atoms with Crippen LogP contribution in [0.25, 0.3) is 27.2 Å². The van der Waals surface area contributed by atoms with Crippen molar-refractivity contribution in [1.82, 2.24) is 9.47 Å². The van der Waals surface area contributed by atoms with Crippen LogP contribution in [0.15, 0.2) is 53.5 Å². The number of nitrogens with zero attached hydrogens (tertiary/aromatic N) is 3. The van der Waals surface area contributed by atoms with Crippen molar-refractivity contribution in [2.24, 2.45) is 7.05 Å². The van der Waals surface area contributed by atoms with E-state index in [2.05, 4.69) is 35.4 Å². The van der Waals surface area contributed by atoms with E-state index in [-0.39, 0.29) is 11.6 Å². The molecule has 164 valence electrons. The third kappa shape index (κ3) is 2.77. The van der Waals surface area contributed by atoms with Gasteiger partial charge >= 0.3 is 0 Å². The number of pyridine rings is 1. The molecule has 1 saturated heterocycles. The highest BCUT2D eigenvalue weighted by molar-refractivity contribution is 6.12. The minimum atomic E-state index is 0.0109. The predicted octanol–water partition coefficient (Wildman–Crippen LogP) is 4.68. The number of aryl methyl sites for hydroxylation is 1. The minimum Gasteiger partial charge on any atom is -0.487 e. The van der Waals surface area contributed by atoms with Crippen LogP contribution >= 0.6 is 0 Å². The average molecular weight is 428 g/mol. The monoisotopic (exact) mass is 427 g/mol. The van der Waals surface area contributed by atoms with Crippen molar-refractivity contribution < 1.29 is 4.74 Å². The summed E-state index contributed by atoms with van der Waals surface area (Å²) in [7, 11) is 1.86. The van der Waals surface area contributed by atoms with Gasteiger partial charge in [-0.2, -0.15) is 0 Å². The van der Waals surface area contributed by atoms with Crippen molar-refractivity contribution in [3.8, 4) is 5.75 Å². The van der Waals surface area contributed by atoms with Crippen LogP contribution in [0, 0.1) is 0 Å². The summed E-state index contributed by atoms with van der Waals surface area (Å²) in [6.07, 6.45) is 6.07. The zero-order valence-electron chi connectivity index (χ0n) is 18.9. The Morgan fingerprint density at radius 2 is 1.84 bits per heavy atom. The Morgan fingerprint density at radius 3 is 2.62 bits per heavy atom. The number of anilines is 1. The molecule has 1 aromatic heterocycles. The minimum absolute atomic E-state index is 0.0109. The molecule has 5 nitrogen and oxygen atoms in total. The fourth-order valence-electron chi connectivity index (χ4n) is 5.83. The van der Waals surface area contributed by atoms with Gasteiger partial charge < -0.3 is 19.1 Å². The van der Waals surface area contributed by atoms with E-state index < -0.39 is 0 Å². The summed E-state index contributed by atoms with van der Waals surface area (Å²) in [4.78, 5) is 18.1. The van der Waals surface area contributed by atoms with Gasteiger partial charge in [-0.1, -0.05) is 31.2 Å². The lowest BCUT2D eigenvalue weighted by Gasteiger charge is -2.45. The van der Waals surface area contributed by atoms with Crippen LogP contribution in [0.1, 0.15) is 31.7 Å². The Balaban J connectivity index is 1.59. The van der Waals surface area contributed by atoms with Crippen molar-refractivity contribution in [3.05, 3.63) is 64.6 Å². The largest absolute Gasteiger partial charge is 0.487 e. The second-order valence-electron chi connectivity index (χ2n) is 9.42. The van der Waals surface area contributed by atoms with E-state index in [1.165, 1.54) is 30.4 Å². The van der Waals surface area contributed by atoms with Gasteiger partial charge in [0.25, 0.3) is 5.56 Å². The van der Waals surface area contributed by atoms with Crippen LogP contribution in [-0.2, 0) is 7.05 Å². The predicted molar refractivity (Wildman–Crippen MR) is 132 cm³/mol. The van der Waals surface area contributed by atoms with Gasteiger partial charge in [0.05, 0.1) is 17.2 Å². The number of ether oxygens (including phenoxy) is 1. The van der Waals surface area contributed by atoms with Gasteiger partial charge in [0.15, 0.2) is 5.75 Å². The normalized spacial score (nSPS) is 20.9. The number of hydrogen-bond donors (Lipinski definition) is 0. The molecule has 0 radical (unpaired) electrons. The standard InChI is InChI=1S/C27H29N3O2/c1-17-13-18(2)30-19(15-29-11-7-4-8-12-29)16-32-26-24-23(14-22(17)25(26)30)20-9-5-6-10-21(20)27(31)28(24)3/h5-6,9-10,13-14,19H,2,4,7-8,11-12,15-16H2,1,3H3/t19-/m0/s1. The van der Waals surface area contributed by atoms with Gasteiger partial charge in [0.1, 0.15) is 6.61 Å².